The van der Waals surface area contributed by atoms with Gasteiger partial charge in [-0.15, -0.1) is 0 Å². The van der Waals surface area contributed by atoms with Crippen LogP contribution in [0.4, 0.5) is 0 Å². The molecule has 1 atom stereocenters. The summed E-state index contributed by atoms with van der Waals surface area (Å²) in [6.45, 7) is 4.51. The van der Waals surface area contributed by atoms with Gasteiger partial charge in [0, 0.05) is 5.71 Å². The van der Waals surface area contributed by atoms with Gasteiger partial charge in [0.05, 0.1) is 0 Å². The summed E-state index contributed by atoms with van der Waals surface area (Å²) in [5, 5.41) is 7.37. The monoisotopic (exact) mass is 125 g/mol. The Morgan fingerprint density at radius 1 is 1.56 bits per heavy atom. The van der Waals surface area contributed by atoms with E-state index in [9.17, 15) is 0 Å². The highest BCUT2D eigenvalue weighted by Crippen LogP contribution is 2.28. The van der Waals surface area contributed by atoms with Crippen molar-refractivity contribution in [2.75, 3.05) is 0 Å². The van der Waals surface area contributed by atoms with Gasteiger partial charge in [-0.1, -0.05) is 13.8 Å². The molecule has 1 N–H and O–H groups in total. The van der Waals surface area contributed by atoms with Crippen molar-refractivity contribution in [1.29, 1.82) is 5.41 Å². The van der Waals surface area contributed by atoms with Crippen LogP contribution in [0.3, 0.4) is 0 Å². The van der Waals surface area contributed by atoms with Crippen LogP contribution in [0.15, 0.2) is 0 Å². The Morgan fingerprint density at radius 3 is 2.44 bits per heavy atom. The molecule has 0 amide bonds. The first-order chi connectivity index (χ1) is 4.20. The molecule has 1 heteroatoms. The molecular weight excluding hydrogens is 110 g/mol. The van der Waals surface area contributed by atoms with Crippen LogP contribution in [0, 0.1) is 17.2 Å². The zero-order valence-electron chi connectivity index (χ0n) is 6.28. The van der Waals surface area contributed by atoms with Crippen LogP contribution in [0.2, 0.25) is 0 Å². The molecular formula is C8H15N. The summed E-state index contributed by atoms with van der Waals surface area (Å²) in [5.41, 5.74) is 0.966. The quantitative estimate of drug-likeness (QED) is 0.556. The van der Waals surface area contributed by atoms with E-state index >= 15 is 0 Å². The SMILES string of the molecule is CC(C)C1CCC(=N)C1. The average molecular weight is 125 g/mol. The van der Waals surface area contributed by atoms with Gasteiger partial charge in [-0.2, -0.15) is 0 Å². The van der Waals surface area contributed by atoms with E-state index in [4.69, 9.17) is 5.41 Å². The molecule has 0 aromatic rings. The number of rotatable bonds is 1. The first-order valence-corrected chi connectivity index (χ1v) is 3.76. The van der Waals surface area contributed by atoms with Crippen molar-refractivity contribution in [2.24, 2.45) is 11.8 Å². The molecule has 0 radical (unpaired) electrons. The molecule has 1 fully saturated rings. The van der Waals surface area contributed by atoms with E-state index in [0.29, 0.717) is 0 Å². The molecule has 1 aliphatic rings. The van der Waals surface area contributed by atoms with E-state index < -0.39 is 0 Å². The fourth-order valence-corrected chi connectivity index (χ4v) is 1.45. The maximum atomic E-state index is 7.37. The second kappa shape index (κ2) is 2.51. The van der Waals surface area contributed by atoms with Crippen LogP contribution < -0.4 is 0 Å². The highest BCUT2D eigenvalue weighted by atomic mass is 14.5. The van der Waals surface area contributed by atoms with E-state index in [1.54, 1.807) is 0 Å². The van der Waals surface area contributed by atoms with Crippen LogP contribution >= 0.6 is 0 Å². The van der Waals surface area contributed by atoms with E-state index in [2.05, 4.69) is 13.8 Å². The van der Waals surface area contributed by atoms with Gasteiger partial charge in [0.25, 0.3) is 0 Å². The highest BCUT2D eigenvalue weighted by Gasteiger charge is 2.21. The summed E-state index contributed by atoms with van der Waals surface area (Å²) in [6, 6.07) is 0. The number of hydrogen-bond donors (Lipinski definition) is 1. The molecule has 1 nitrogen and oxygen atoms in total. The maximum Gasteiger partial charge on any atom is 0.00921 e. The molecule has 52 valence electrons. The first-order valence-electron chi connectivity index (χ1n) is 3.76. The lowest BCUT2D eigenvalue weighted by molar-refractivity contribution is 0.404. The van der Waals surface area contributed by atoms with Crippen molar-refractivity contribution in [3.05, 3.63) is 0 Å². The Hall–Kier alpha value is -0.330. The maximum absolute atomic E-state index is 7.37. The molecule has 0 spiro atoms. The molecule has 0 aromatic heterocycles. The Bertz CT molecular complexity index is 116. The molecule has 1 rings (SSSR count). The predicted molar refractivity (Wildman–Crippen MR) is 39.9 cm³/mol. The standard InChI is InChI=1S/C8H15N/c1-6(2)7-3-4-8(9)5-7/h6-7,9H,3-5H2,1-2H3. The van der Waals surface area contributed by atoms with Crippen molar-refractivity contribution in [3.8, 4) is 0 Å². The Labute approximate surface area is 57.0 Å². The second-order valence-corrected chi connectivity index (χ2v) is 3.35. The lowest BCUT2D eigenvalue weighted by Crippen LogP contribution is -2.03. The fraction of sp³-hybridized carbons (Fsp3) is 0.875. The minimum Gasteiger partial charge on any atom is -0.310 e. The molecule has 0 aliphatic heterocycles. The normalized spacial score (nSPS) is 27.9. The van der Waals surface area contributed by atoms with Gasteiger partial charge in [-0.3, -0.25) is 0 Å². The molecule has 0 bridgehead atoms. The average Bonchev–Trinajstić information content (AvgIpc) is 2.14. The van der Waals surface area contributed by atoms with Crippen molar-refractivity contribution >= 4 is 5.71 Å². The summed E-state index contributed by atoms with van der Waals surface area (Å²) in [4.78, 5) is 0. The Morgan fingerprint density at radius 2 is 2.22 bits per heavy atom. The third-order valence-corrected chi connectivity index (χ3v) is 2.27. The summed E-state index contributed by atoms with van der Waals surface area (Å²) >= 11 is 0. The summed E-state index contributed by atoms with van der Waals surface area (Å²) < 4.78 is 0. The van der Waals surface area contributed by atoms with E-state index in [0.717, 1.165) is 30.4 Å². The largest absolute Gasteiger partial charge is 0.310 e. The lowest BCUT2D eigenvalue weighted by Gasteiger charge is -2.11. The van der Waals surface area contributed by atoms with Gasteiger partial charge < -0.3 is 5.41 Å². The zero-order chi connectivity index (χ0) is 6.85. The smallest absolute Gasteiger partial charge is 0.00921 e. The second-order valence-electron chi connectivity index (χ2n) is 3.35. The van der Waals surface area contributed by atoms with Gasteiger partial charge in [0.1, 0.15) is 0 Å². The van der Waals surface area contributed by atoms with Gasteiger partial charge in [0.2, 0.25) is 0 Å². The summed E-state index contributed by atoms with van der Waals surface area (Å²) in [5.74, 6) is 1.60. The topological polar surface area (TPSA) is 23.9 Å². The third-order valence-electron chi connectivity index (χ3n) is 2.27. The highest BCUT2D eigenvalue weighted by molar-refractivity contribution is 5.83. The van der Waals surface area contributed by atoms with Crippen molar-refractivity contribution in [2.45, 2.75) is 33.1 Å². The molecule has 0 heterocycles. The van der Waals surface area contributed by atoms with Crippen LogP contribution in [0.1, 0.15) is 33.1 Å². The molecule has 1 unspecified atom stereocenters. The van der Waals surface area contributed by atoms with Crippen molar-refractivity contribution in [3.63, 3.8) is 0 Å². The molecule has 0 saturated heterocycles. The van der Waals surface area contributed by atoms with E-state index in [-0.39, 0.29) is 0 Å². The van der Waals surface area contributed by atoms with E-state index in [1.807, 2.05) is 0 Å². The fourth-order valence-electron chi connectivity index (χ4n) is 1.45. The van der Waals surface area contributed by atoms with Gasteiger partial charge >= 0.3 is 0 Å². The molecule has 9 heavy (non-hydrogen) atoms. The zero-order valence-corrected chi connectivity index (χ0v) is 6.28. The van der Waals surface area contributed by atoms with Gasteiger partial charge in [0.15, 0.2) is 0 Å². The van der Waals surface area contributed by atoms with Crippen LogP contribution in [-0.2, 0) is 0 Å². The lowest BCUT2D eigenvalue weighted by atomic mass is 9.95. The Kier molecular flexibility index (Phi) is 1.89. The molecule has 0 aromatic carbocycles. The third kappa shape index (κ3) is 1.54. The minimum absolute atomic E-state index is 0.785. The van der Waals surface area contributed by atoms with Crippen LogP contribution in [0.25, 0.3) is 0 Å². The predicted octanol–water partition coefficient (Wildman–Crippen LogP) is 2.46. The van der Waals surface area contributed by atoms with Crippen LogP contribution in [-0.4, -0.2) is 5.71 Å². The van der Waals surface area contributed by atoms with Crippen molar-refractivity contribution < 1.29 is 0 Å². The Balaban J connectivity index is 2.39. The summed E-state index contributed by atoms with van der Waals surface area (Å²) in [7, 11) is 0. The van der Waals surface area contributed by atoms with Gasteiger partial charge in [-0.25, -0.2) is 0 Å². The first kappa shape index (κ1) is 6.79. The minimum atomic E-state index is 0.785. The van der Waals surface area contributed by atoms with E-state index in [1.165, 1.54) is 6.42 Å². The van der Waals surface area contributed by atoms with Crippen molar-refractivity contribution in [1.82, 2.24) is 0 Å². The van der Waals surface area contributed by atoms with Gasteiger partial charge in [-0.05, 0) is 31.1 Å². The molecule has 1 saturated carbocycles. The summed E-state index contributed by atoms with van der Waals surface area (Å²) in [6.07, 6.45) is 3.39. The van der Waals surface area contributed by atoms with Crippen LogP contribution in [0.5, 0.6) is 0 Å². The molecule has 1 aliphatic carbocycles. The number of nitrogens with one attached hydrogen (secondary N) is 1. The number of hydrogen-bond acceptors (Lipinski definition) is 1.